The average Bonchev–Trinajstić information content (AvgIpc) is 2.62. The maximum atomic E-state index is 13.6. The second-order valence-corrected chi connectivity index (χ2v) is 6.95. The van der Waals surface area contributed by atoms with Gasteiger partial charge in [0.15, 0.2) is 0 Å². The molecule has 0 bridgehead atoms. The van der Waals surface area contributed by atoms with Crippen LogP contribution in [0.1, 0.15) is 13.3 Å². The predicted octanol–water partition coefficient (Wildman–Crippen LogP) is 5.02. The number of ether oxygens (including phenoxy) is 2. The van der Waals surface area contributed by atoms with Gasteiger partial charge in [0.1, 0.15) is 17.3 Å². The molecule has 0 heterocycles. The minimum Gasteiger partial charge on any atom is -0.494 e. The fourth-order valence-electron chi connectivity index (χ4n) is 2.09. The van der Waals surface area contributed by atoms with E-state index in [2.05, 4.69) is 5.32 Å². The van der Waals surface area contributed by atoms with Crippen LogP contribution in [0.25, 0.3) is 0 Å². The minimum atomic E-state index is -0.540. The van der Waals surface area contributed by atoms with E-state index in [1.54, 1.807) is 11.8 Å². The molecule has 0 aromatic heterocycles. The Morgan fingerprint density at radius 2 is 1.81 bits per heavy atom. The number of hydrogen-bond donors (Lipinski definition) is 1. The maximum absolute atomic E-state index is 13.6. The number of anilines is 1. The Bertz CT molecular complexity index is 712. The van der Waals surface area contributed by atoms with Gasteiger partial charge in [-0.1, -0.05) is 11.6 Å². The van der Waals surface area contributed by atoms with Gasteiger partial charge < -0.3 is 14.8 Å². The molecule has 0 radical (unpaired) electrons. The van der Waals surface area contributed by atoms with Crippen molar-refractivity contribution in [2.24, 2.45) is 0 Å². The number of amides is 1. The molecule has 2 rings (SSSR count). The lowest BCUT2D eigenvalue weighted by Crippen LogP contribution is -2.13. The van der Waals surface area contributed by atoms with E-state index in [0.717, 1.165) is 17.3 Å². The Labute approximate surface area is 162 Å². The van der Waals surface area contributed by atoms with Crippen molar-refractivity contribution in [3.05, 3.63) is 53.3 Å². The lowest BCUT2D eigenvalue weighted by atomic mass is 10.3. The Morgan fingerprint density at radius 1 is 1.12 bits per heavy atom. The molecule has 26 heavy (non-hydrogen) atoms. The van der Waals surface area contributed by atoms with Crippen LogP contribution in [0.4, 0.5) is 10.1 Å². The van der Waals surface area contributed by atoms with Crippen molar-refractivity contribution < 1.29 is 18.7 Å². The largest absolute Gasteiger partial charge is 0.494 e. The van der Waals surface area contributed by atoms with E-state index in [9.17, 15) is 9.18 Å². The van der Waals surface area contributed by atoms with Gasteiger partial charge >= 0.3 is 0 Å². The zero-order valence-electron chi connectivity index (χ0n) is 14.5. The van der Waals surface area contributed by atoms with Crippen molar-refractivity contribution in [2.75, 3.05) is 30.0 Å². The van der Waals surface area contributed by atoms with Crippen LogP contribution in [0.15, 0.2) is 42.5 Å². The Morgan fingerprint density at radius 3 is 2.46 bits per heavy atom. The monoisotopic (exact) mass is 397 g/mol. The SMILES string of the molecule is CCOc1ccc(OCCSCCC(=O)Nc2ccc(Cl)cc2F)cc1. The fourth-order valence-corrected chi connectivity index (χ4v) is 2.98. The van der Waals surface area contributed by atoms with Gasteiger partial charge in [-0.15, -0.1) is 0 Å². The zero-order chi connectivity index (χ0) is 18.8. The number of rotatable bonds is 10. The van der Waals surface area contributed by atoms with E-state index in [0.29, 0.717) is 30.4 Å². The lowest BCUT2D eigenvalue weighted by Gasteiger charge is -2.08. The number of nitrogens with one attached hydrogen (secondary N) is 1. The zero-order valence-corrected chi connectivity index (χ0v) is 16.0. The molecule has 0 spiro atoms. The van der Waals surface area contributed by atoms with Crippen LogP contribution in [-0.2, 0) is 4.79 Å². The summed E-state index contributed by atoms with van der Waals surface area (Å²) >= 11 is 7.28. The van der Waals surface area contributed by atoms with Gasteiger partial charge in [-0.2, -0.15) is 11.8 Å². The van der Waals surface area contributed by atoms with Gasteiger partial charge in [0.2, 0.25) is 5.91 Å². The van der Waals surface area contributed by atoms with E-state index >= 15 is 0 Å². The molecular formula is C19H21ClFNO3S. The molecule has 0 fully saturated rings. The van der Waals surface area contributed by atoms with E-state index in [4.69, 9.17) is 21.1 Å². The van der Waals surface area contributed by atoms with Crippen molar-refractivity contribution in [1.82, 2.24) is 0 Å². The minimum absolute atomic E-state index is 0.142. The summed E-state index contributed by atoms with van der Waals surface area (Å²) in [5.74, 6) is 2.22. The van der Waals surface area contributed by atoms with Gasteiger partial charge in [-0.25, -0.2) is 4.39 Å². The van der Waals surface area contributed by atoms with E-state index in [1.807, 2.05) is 31.2 Å². The normalized spacial score (nSPS) is 10.4. The first-order valence-corrected chi connectivity index (χ1v) is 9.80. The third kappa shape index (κ3) is 7.14. The fraction of sp³-hybridized carbons (Fsp3) is 0.316. The number of benzene rings is 2. The van der Waals surface area contributed by atoms with Gasteiger partial charge in [0, 0.05) is 22.9 Å². The number of halogens is 2. The Kier molecular flexibility index (Phi) is 8.58. The predicted molar refractivity (Wildman–Crippen MR) is 105 cm³/mol. The maximum Gasteiger partial charge on any atom is 0.225 e. The summed E-state index contributed by atoms with van der Waals surface area (Å²) in [5.41, 5.74) is 0.142. The highest BCUT2D eigenvalue weighted by molar-refractivity contribution is 7.99. The average molecular weight is 398 g/mol. The molecule has 0 unspecified atom stereocenters. The highest BCUT2D eigenvalue weighted by Gasteiger charge is 2.07. The molecule has 0 aliphatic heterocycles. The molecule has 0 aliphatic carbocycles. The molecule has 0 aliphatic rings. The third-order valence-electron chi connectivity index (χ3n) is 3.31. The van der Waals surface area contributed by atoms with Crippen LogP contribution in [0.5, 0.6) is 11.5 Å². The van der Waals surface area contributed by atoms with E-state index in [1.165, 1.54) is 18.2 Å². The Hall–Kier alpha value is -1.92. The molecule has 0 saturated carbocycles. The quantitative estimate of drug-likeness (QED) is 0.572. The van der Waals surface area contributed by atoms with E-state index < -0.39 is 5.82 Å². The lowest BCUT2D eigenvalue weighted by molar-refractivity contribution is -0.115. The Balaban J connectivity index is 1.59. The molecule has 2 aromatic rings. The molecule has 2 aromatic carbocycles. The molecule has 1 N–H and O–H groups in total. The standard InChI is InChI=1S/C19H21ClFNO3S/c1-2-24-15-4-6-16(7-5-15)25-10-12-26-11-9-19(23)22-18-8-3-14(20)13-17(18)21/h3-8,13H,2,9-12H2,1H3,(H,22,23). The summed E-state index contributed by atoms with van der Waals surface area (Å²) < 4.78 is 24.6. The van der Waals surface area contributed by atoms with Crippen molar-refractivity contribution in [3.63, 3.8) is 0 Å². The molecule has 140 valence electrons. The third-order valence-corrected chi connectivity index (χ3v) is 4.49. The van der Waals surface area contributed by atoms with Crippen molar-refractivity contribution in [3.8, 4) is 11.5 Å². The molecule has 7 heteroatoms. The second kappa shape index (κ2) is 10.9. The highest BCUT2D eigenvalue weighted by Crippen LogP contribution is 2.20. The first kappa shape index (κ1) is 20.4. The van der Waals surface area contributed by atoms with Crippen LogP contribution < -0.4 is 14.8 Å². The number of hydrogen-bond acceptors (Lipinski definition) is 4. The second-order valence-electron chi connectivity index (χ2n) is 5.29. The van der Waals surface area contributed by atoms with Crippen LogP contribution in [0.3, 0.4) is 0 Å². The molecule has 0 saturated heterocycles. The van der Waals surface area contributed by atoms with Crippen molar-refractivity contribution in [1.29, 1.82) is 0 Å². The summed E-state index contributed by atoms with van der Waals surface area (Å²) in [4.78, 5) is 11.8. The smallest absolute Gasteiger partial charge is 0.225 e. The molecule has 4 nitrogen and oxygen atoms in total. The first-order valence-electron chi connectivity index (χ1n) is 8.27. The summed E-state index contributed by atoms with van der Waals surface area (Å²) in [7, 11) is 0. The molecule has 0 atom stereocenters. The number of carbonyl (C=O) groups is 1. The van der Waals surface area contributed by atoms with Crippen molar-refractivity contribution in [2.45, 2.75) is 13.3 Å². The van der Waals surface area contributed by atoms with Crippen LogP contribution in [-0.4, -0.2) is 30.6 Å². The summed E-state index contributed by atoms with van der Waals surface area (Å²) in [6.07, 6.45) is 0.301. The van der Waals surface area contributed by atoms with Gasteiger partial charge in [0.25, 0.3) is 0 Å². The van der Waals surface area contributed by atoms with Crippen LogP contribution in [0.2, 0.25) is 5.02 Å². The number of thioether (sulfide) groups is 1. The topological polar surface area (TPSA) is 47.6 Å². The summed E-state index contributed by atoms with van der Waals surface area (Å²) in [6, 6.07) is 11.6. The first-order chi connectivity index (χ1) is 12.6. The van der Waals surface area contributed by atoms with Crippen molar-refractivity contribution >= 4 is 35.0 Å². The summed E-state index contributed by atoms with van der Waals surface area (Å²) in [6.45, 7) is 3.12. The van der Waals surface area contributed by atoms with Gasteiger partial charge in [-0.05, 0) is 49.4 Å². The summed E-state index contributed by atoms with van der Waals surface area (Å²) in [5, 5.41) is 2.84. The molecular weight excluding hydrogens is 377 g/mol. The molecule has 1 amide bonds. The van der Waals surface area contributed by atoms with Gasteiger partial charge in [0.05, 0.1) is 18.9 Å². The highest BCUT2D eigenvalue weighted by atomic mass is 35.5. The van der Waals surface area contributed by atoms with E-state index in [-0.39, 0.29) is 11.6 Å². The van der Waals surface area contributed by atoms with Crippen LogP contribution >= 0.6 is 23.4 Å². The number of carbonyl (C=O) groups excluding carboxylic acids is 1. The van der Waals surface area contributed by atoms with Gasteiger partial charge in [-0.3, -0.25) is 4.79 Å². The van der Waals surface area contributed by atoms with Crippen LogP contribution in [0, 0.1) is 5.82 Å².